The summed E-state index contributed by atoms with van der Waals surface area (Å²) in [4.78, 5) is 4.16. The van der Waals surface area contributed by atoms with E-state index in [1.54, 1.807) is 18.4 Å². The van der Waals surface area contributed by atoms with E-state index >= 15 is 0 Å². The summed E-state index contributed by atoms with van der Waals surface area (Å²) in [6.07, 6.45) is 2.82. The van der Waals surface area contributed by atoms with Gasteiger partial charge in [-0.15, -0.1) is 41.9 Å². The van der Waals surface area contributed by atoms with Gasteiger partial charge in [-0.3, -0.25) is 4.99 Å². The largest absolute Gasteiger partial charge is 0.356 e. The van der Waals surface area contributed by atoms with Gasteiger partial charge in [0.05, 0.1) is 0 Å². The molecule has 3 nitrogen and oxygen atoms in total. The maximum Gasteiger partial charge on any atom is 0.191 e. The van der Waals surface area contributed by atoms with E-state index in [9.17, 15) is 0 Å². The molecule has 0 bridgehead atoms. The molecule has 0 fully saturated rings. The van der Waals surface area contributed by atoms with Gasteiger partial charge in [-0.2, -0.15) is 0 Å². The van der Waals surface area contributed by atoms with Gasteiger partial charge in [-0.25, -0.2) is 0 Å². The van der Waals surface area contributed by atoms with Gasteiger partial charge in [0.2, 0.25) is 0 Å². The number of fused-ring (bicyclic) bond motifs is 1. The number of rotatable bonds is 5. The standard InChI is InChI=1S/C15H19N3S.HI/c1-3-9-17-15(16-2)18-10-8-12-11-19-14-7-5-4-6-13(12)14;/h3-7,11H,1,8-10H2,2H3,(H2,16,17,18);1H. The Labute approximate surface area is 141 Å². The summed E-state index contributed by atoms with van der Waals surface area (Å²) >= 11 is 1.81. The van der Waals surface area contributed by atoms with Gasteiger partial charge in [0.25, 0.3) is 0 Å². The number of guanidine groups is 1. The minimum atomic E-state index is 0. The van der Waals surface area contributed by atoms with Crippen LogP contribution in [0.5, 0.6) is 0 Å². The van der Waals surface area contributed by atoms with E-state index < -0.39 is 0 Å². The Morgan fingerprint density at radius 3 is 2.90 bits per heavy atom. The van der Waals surface area contributed by atoms with E-state index in [4.69, 9.17) is 0 Å². The lowest BCUT2D eigenvalue weighted by Crippen LogP contribution is -2.38. The van der Waals surface area contributed by atoms with Crippen molar-refractivity contribution >= 4 is 51.4 Å². The molecule has 2 N–H and O–H groups in total. The Balaban J connectivity index is 0.00000200. The lowest BCUT2D eigenvalue weighted by atomic mass is 10.1. The predicted octanol–water partition coefficient (Wildman–Crippen LogP) is 3.41. The molecular formula is C15H20IN3S. The zero-order valence-electron chi connectivity index (χ0n) is 11.6. The second-order valence-electron chi connectivity index (χ2n) is 4.18. The summed E-state index contributed by atoms with van der Waals surface area (Å²) in [7, 11) is 1.78. The molecule has 1 heterocycles. The molecule has 0 aliphatic heterocycles. The molecular weight excluding hydrogens is 381 g/mol. The number of nitrogens with one attached hydrogen (secondary N) is 2. The van der Waals surface area contributed by atoms with Crippen molar-refractivity contribution in [2.45, 2.75) is 6.42 Å². The minimum absolute atomic E-state index is 0. The lowest BCUT2D eigenvalue weighted by molar-refractivity contribution is 0.826. The second kappa shape index (κ2) is 8.97. The Kier molecular flexibility index (Phi) is 7.61. The highest BCUT2D eigenvalue weighted by atomic mass is 127. The van der Waals surface area contributed by atoms with Crippen LogP contribution in [0.2, 0.25) is 0 Å². The van der Waals surface area contributed by atoms with Gasteiger partial charge in [-0.1, -0.05) is 24.3 Å². The Hall–Kier alpha value is -1.08. The highest BCUT2D eigenvalue weighted by Gasteiger charge is 2.03. The molecule has 2 rings (SSSR count). The lowest BCUT2D eigenvalue weighted by Gasteiger charge is -2.09. The monoisotopic (exact) mass is 401 g/mol. The fourth-order valence-electron chi connectivity index (χ4n) is 1.93. The highest BCUT2D eigenvalue weighted by molar-refractivity contribution is 14.0. The average molecular weight is 401 g/mol. The highest BCUT2D eigenvalue weighted by Crippen LogP contribution is 2.25. The molecule has 1 aromatic heterocycles. The molecule has 0 saturated carbocycles. The van der Waals surface area contributed by atoms with Gasteiger partial charge in [0.1, 0.15) is 0 Å². The van der Waals surface area contributed by atoms with Crippen LogP contribution in [0.1, 0.15) is 5.56 Å². The Bertz CT molecular complexity index is 577. The number of halogens is 1. The predicted molar refractivity (Wildman–Crippen MR) is 101 cm³/mol. The third kappa shape index (κ3) is 4.49. The van der Waals surface area contributed by atoms with E-state index in [1.165, 1.54) is 15.6 Å². The Morgan fingerprint density at radius 1 is 1.35 bits per heavy atom. The molecule has 1 aromatic carbocycles. The van der Waals surface area contributed by atoms with Crippen molar-refractivity contribution in [2.24, 2.45) is 4.99 Å². The summed E-state index contributed by atoms with van der Waals surface area (Å²) in [6, 6.07) is 8.53. The average Bonchev–Trinajstić information content (AvgIpc) is 2.86. The summed E-state index contributed by atoms with van der Waals surface area (Å²) in [5.74, 6) is 0.819. The summed E-state index contributed by atoms with van der Waals surface area (Å²) in [6.45, 7) is 5.27. The van der Waals surface area contributed by atoms with Crippen LogP contribution in [0.4, 0.5) is 0 Å². The SMILES string of the molecule is C=CCNC(=NC)NCCc1csc2ccccc12.I. The molecule has 2 aromatic rings. The van der Waals surface area contributed by atoms with Gasteiger partial charge >= 0.3 is 0 Å². The first kappa shape index (κ1) is 17.0. The maximum absolute atomic E-state index is 4.16. The topological polar surface area (TPSA) is 36.4 Å². The van der Waals surface area contributed by atoms with Gasteiger partial charge in [0.15, 0.2) is 5.96 Å². The molecule has 20 heavy (non-hydrogen) atoms. The smallest absolute Gasteiger partial charge is 0.191 e. The number of nitrogens with zero attached hydrogens (tertiary/aromatic N) is 1. The molecule has 0 spiro atoms. The first-order chi connectivity index (χ1) is 9.35. The Morgan fingerprint density at radius 2 is 2.15 bits per heavy atom. The third-order valence-corrected chi connectivity index (χ3v) is 3.90. The van der Waals surface area contributed by atoms with Crippen LogP contribution in [0, 0.1) is 0 Å². The van der Waals surface area contributed by atoms with E-state index in [-0.39, 0.29) is 24.0 Å². The molecule has 0 unspecified atom stereocenters. The second-order valence-corrected chi connectivity index (χ2v) is 5.09. The zero-order valence-corrected chi connectivity index (χ0v) is 14.7. The fourth-order valence-corrected chi connectivity index (χ4v) is 2.93. The minimum Gasteiger partial charge on any atom is -0.356 e. The number of benzene rings is 1. The van der Waals surface area contributed by atoms with Crippen molar-refractivity contribution in [3.63, 3.8) is 0 Å². The van der Waals surface area contributed by atoms with Crippen molar-refractivity contribution in [1.29, 1.82) is 0 Å². The molecule has 0 aliphatic carbocycles. The van der Waals surface area contributed by atoms with Crippen molar-refractivity contribution in [2.75, 3.05) is 20.1 Å². The van der Waals surface area contributed by atoms with Crippen LogP contribution < -0.4 is 10.6 Å². The maximum atomic E-state index is 4.16. The van der Waals surface area contributed by atoms with Crippen molar-refractivity contribution in [3.05, 3.63) is 47.9 Å². The molecule has 5 heteroatoms. The van der Waals surface area contributed by atoms with Gasteiger partial charge in [0, 0.05) is 24.8 Å². The van der Waals surface area contributed by atoms with Crippen LogP contribution in [-0.4, -0.2) is 26.1 Å². The third-order valence-electron chi connectivity index (χ3n) is 2.89. The quantitative estimate of drug-likeness (QED) is 0.349. The molecule has 108 valence electrons. The molecule has 0 saturated heterocycles. The number of thiophene rings is 1. The normalized spacial score (nSPS) is 10.9. The van der Waals surface area contributed by atoms with Gasteiger partial charge in [-0.05, 0) is 28.8 Å². The van der Waals surface area contributed by atoms with Crippen LogP contribution in [0.15, 0.2) is 47.3 Å². The van der Waals surface area contributed by atoms with Crippen LogP contribution in [0.3, 0.4) is 0 Å². The summed E-state index contributed by atoms with van der Waals surface area (Å²) in [5.41, 5.74) is 1.40. The molecule has 0 atom stereocenters. The van der Waals surface area contributed by atoms with E-state index in [2.05, 4.69) is 51.9 Å². The van der Waals surface area contributed by atoms with Crippen LogP contribution in [-0.2, 0) is 6.42 Å². The first-order valence-electron chi connectivity index (χ1n) is 6.35. The molecule has 0 amide bonds. The fraction of sp³-hybridized carbons (Fsp3) is 0.267. The first-order valence-corrected chi connectivity index (χ1v) is 7.23. The van der Waals surface area contributed by atoms with Crippen LogP contribution >= 0.6 is 35.3 Å². The number of aliphatic imine (C=N–C) groups is 1. The zero-order chi connectivity index (χ0) is 13.5. The molecule has 0 aliphatic rings. The van der Waals surface area contributed by atoms with E-state index in [1.807, 2.05) is 6.08 Å². The van der Waals surface area contributed by atoms with Crippen molar-refractivity contribution in [3.8, 4) is 0 Å². The van der Waals surface area contributed by atoms with Crippen molar-refractivity contribution in [1.82, 2.24) is 10.6 Å². The summed E-state index contributed by atoms with van der Waals surface area (Å²) < 4.78 is 1.35. The number of hydrogen-bond donors (Lipinski definition) is 2. The summed E-state index contributed by atoms with van der Waals surface area (Å²) in [5, 5.41) is 10.1. The molecule has 0 radical (unpaired) electrons. The van der Waals surface area contributed by atoms with E-state index in [0.29, 0.717) is 0 Å². The van der Waals surface area contributed by atoms with E-state index in [0.717, 1.165) is 25.5 Å². The van der Waals surface area contributed by atoms with Crippen molar-refractivity contribution < 1.29 is 0 Å². The van der Waals surface area contributed by atoms with Gasteiger partial charge < -0.3 is 10.6 Å². The van der Waals surface area contributed by atoms with Crippen LogP contribution in [0.25, 0.3) is 10.1 Å². The number of hydrogen-bond acceptors (Lipinski definition) is 2.